The van der Waals surface area contributed by atoms with Gasteiger partial charge < -0.3 is 30.7 Å². The van der Waals surface area contributed by atoms with Gasteiger partial charge in [-0.05, 0) is 39.4 Å². The Labute approximate surface area is 203 Å². The lowest BCUT2D eigenvalue weighted by atomic mass is 10.0. The number of amides is 3. The molecule has 1 atom stereocenters. The summed E-state index contributed by atoms with van der Waals surface area (Å²) in [5.41, 5.74) is 5.81. The van der Waals surface area contributed by atoms with Crippen molar-refractivity contribution in [3.8, 4) is 0 Å². The zero-order chi connectivity index (χ0) is 25.8. The molecule has 0 aromatic heterocycles. The van der Waals surface area contributed by atoms with Crippen LogP contribution in [0.5, 0.6) is 0 Å². The SMILES string of the molecule is C=C1C=CC(=O)N1CCC(=O)CCCOCCOCC(=O)NCCCCC(C)C(N)=O.CNC. The van der Waals surface area contributed by atoms with Crippen molar-refractivity contribution in [1.82, 2.24) is 15.5 Å². The van der Waals surface area contributed by atoms with Crippen molar-refractivity contribution in [2.24, 2.45) is 11.7 Å². The zero-order valence-electron chi connectivity index (χ0n) is 20.9. The molecule has 3 amide bonds. The van der Waals surface area contributed by atoms with Gasteiger partial charge in [-0.3, -0.25) is 19.2 Å². The Bertz CT molecular complexity index is 662. The third-order valence-corrected chi connectivity index (χ3v) is 4.87. The van der Waals surface area contributed by atoms with Gasteiger partial charge in [0.05, 0.1) is 13.2 Å². The molecule has 0 aromatic carbocycles. The van der Waals surface area contributed by atoms with E-state index < -0.39 is 0 Å². The molecule has 0 aliphatic carbocycles. The molecule has 0 saturated carbocycles. The lowest BCUT2D eigenvalue weighted by molar-refractivity contribution is -0.127. The van der Waals surface area contributed by atoms with E-state index in [0.29, 0.717) is 57.9 Å². The first-order chi connectivity index (χ1) is 16.2. The van der Waals surface area contributed by atoms with Crippen LogP contribution in [0.4, 0.5) is 0 Å². The van der Waals surface area contributed by atoms with Crippen LogP contribution in [0.25, 0.3) is 0 Å². The van der Waals surface area contributed by atoms with Crippen LogP contribution in [0.3, 0.4) is 0 Å². The second-order valence-corrected chi connectivity index (χ2v) is 8.02. The number of primary amides is 1. The number of unbranched alkanes of at least 4 members (excludes halogenated alkanes) is 1. The zero-order valence-corrected chi connectivity index (χ0v) is 20.9. The highest BCUT2D eigenvalue weighted by atomic mass is 16.5. The van der Waals surface area contributed by atoms with Crippen molar-refractivity contribution in [2.75, 3.05) is 53.6 Å². The van der Waals surface area contributed by atoms with Crippen LogP contribution in [-0.2, 0) is 28.7 Å². The van der Waals surface area contributed by atoms with Crippen LogP contribution in [0.1, 0.15) is 45.4 Å². The average Bonchev–Trinajstić information content (AvgIpc) is 3.11. The maximum absolute atomic E-state index is 11.9. The fourth-order valence-corrected chi connectivity index (χ4v) is 2.86. The summed E-state index contributed by atoms with van der Waals surface area (Å²) in [7, 11) is 3.75. The average molecular weight is 483 g/mol. The van der Waals surface area contributed by atoms with Crippen molar-refractivity contribution in [2.45, 2.75) is 45.4 Å². The molecule has 0 spiro atoms. The van der Waals surface area contributed by atoms with Crippen LogP contribution in [0.15, 0.2) is 24.4 Å². The third kappa shape index (κ3) is 16.1. The molecule has 1 heterocycles. The molecule has 194 valence electrons. The number of hydrogen-bond donors (Lipinski definition) is 3. The topological polar surface area (TPSA) is 140 Å². The molecular formula is C24H42N4O6. The van der Waals surface area contributed by atoms with Crippen molar-refractivity contribution in [3.05, 3.63) is 24.4 Å². The van der Waals surface area contributed by atoms with E-state index in [1.807, 2.05) is 14.1 Å². The van der Waals surface area contributed by atoms with E-state index in [4.69, 9.17) is 15.2 Å². The van der Waals surface area contributed by atoms with Crippen molar-refractivity contribution in [3.63, 3.8) is 0 Å². The van der Waals surface area contributed by atoms with E-state index in [-0.39, 0.29) is 36.0 Å². The van der Waals surface area contributed by atoms with E-state index >= 15 is 0 Å². The van der Waals surface area contributed by atoms with Crippen molar-refractivity contribution >= 4 is 23.5 Å². The molecule has 1 aliphatic heterocycles. The molecule has 1 unspecified atom stereocenters. The largest absolute Gasteiger partial charge is 0.379 e. The van der Waals surface area contributed by atoms with Gasteiger partial charge in [-0.1, -0.05) is 19.9 Å². The van der Waals surface area contributed by atoms with Gasteiger partial charge >= 0.3 is 0 Å². The molecule has 0 aromatic rings. The van der Waals surface area contributed by atoms with Gasteiger partial charge in [0.2, 0.25) is 11.8 Å². The summed E-state index contributed by atoms with van der Waals surface area (Å²) in [5.74, 6) is -0.692. The summed E-state index contributed by atoms with van der Waals surface area (Å²) >= 11 is 0. The van der Waals surface area contributed by atoms with Crippen LogP contribution in [0.2, 0.25) is 0 Å². The molecule has 0 radical (unpaired) electrons. The second kappa shape index (κ2) is 19.9. The first kappa shape index (κ1) is 31.4. The molecule has 1 rings (SSSR count). The summed E-state index contributed by atoms with van der Waals surface area (Å²) in [6, 6.07) is 0. The number of carbonyl (C=O) groups is 4. The molecule has 10 heteroatoms. The maximum Gasteiger partial charge on any atom is 0.251 e. The van der Waals surface area contributed by atoms with Crippen molar-refractivity contribution in [1.29, 1.82) is 0 Å². The highest BCUT2D eigenvalue weighted by molar-refractivity contribution is 5.93. The Morgan fingerprint density at radius 1 is 1.06 bits per heavy atom. The minimum Gasteiger partial charge on any atom is -0.379 e. The Morgan fingerprint density at radius 2 is 1.74 bits per heavy atom. The number of Topliss-reactive ketones (excluding diaryl/α,β-unsaturated/α-hetero) is 1. The summed E-state index contributed by atoms with van der Waals surface area (Å²) < 4.78 is 10.6. The van der Waals surface area contributed by atoms with Gasteiger partial charge in [0.25, 0.3) is 5.91 Å². The number of ketones is 1. The third-order valence-electron chi connectivity index (χ3n) is 4.87. The summed E-state index contributed by atoms with van der Waals surface area (Å²) in [4.78, 5) is 47.5. The second-order valence-electron chi connectivity index (χ2n) is 8.02. The molecule has 1 aliphatic rings. The monoisotopic (exact) mass is 482 g/mol. The van der Waals surface area contributed by atoms with Crippen LogP contribution < -0.4 is 16.4 Å². The molecule has 4 N–H and O–H groups in total. The van der Waals surface area contributed by atoms with E-state index in [1.165, 1.54) is 11.0 Å². The minimum atomic E-state index is -0.300. The lowest BCUT2D eigenvalue weighted by Gasteiger charge is -2.16. The smallest absolute Gasteiger partial charge is 0.251 e. The quantitative estimate of drug-likeness (QED) is 0.247. The van der Waals surface area contributed by atoms with Gasteiger partial charge in [-0.25, -0.2) is 0 Å². The van der Waals surface area contributed by atoms with Crippen LogP contribution in [0, 0.1) is 5.92 Å². The normalized spacial score (nSPS) is 13.4. The molecule has 0 fully saturated rings. The number of ether oxygens (including phenoxy) is 2. The van der Waals surface area contributed by atoms with E-state index in [1.54, 1.807) is 13.0 Å². The fraction of sp³-hybridized carbons (Fsp3) is 0.667. The first-order valence-corrected chi connectivity index (χ1v) is 11.7. The number of nitrogens with zero attached hydrogens (tertiary/aromatic N) is 1. The number of carbonyl (C=O) groups excluding carboxylic acids is 4. The van der Waals surface area contributed by atoms with Crippen LogP contribution in [-0.4, -0.2) is 82.0 Å². The molecule has 0 bridgehead atoms. The van der Waals surface area contributed by atoms with Gasteiger partial charge in [-0.15, -0.1) is 0 Å². The molecule has 34 heavy (non-hydrogen) atoms. The molecule has 0 saturated heterocycles. The highest BCUT2D eigenvalue weighted by Gasteiger charge is 2.19. The number of nitrogens with two attached hydrogens (primary N) is 1. The number of hydrogen-bond acceptors (Lipinski definition) is 7. The highest BCUT2D eigenvalue weighted by Crippen LogP contribution is 2.13. The maximum atomic E-state index is 11.9. The Kier molecular flexibility index (Phi) is 18.4. The number of nitrogens with one attached hydrogen (secondary N) is 2. The fourth-order valence-electron chi connectivity index (χ4n) is 2.86. The predicted octanol–water partition coefficient (Wildman–Crippen LogP) is 0.915. The van der Waals surface area contributed by atoms with E-state index in [2.05, 4.69) is 17.2 Å². The predicted molar refractivity (Wildman–Crippen MR) is 131 cm³/mol. The first-order valence-electron chi connectivity index (χ1n) is 11.7. The Hall–Kier alpha value is -2.56. The Morgan fingerprint density at radius 3 is 2.35 bits per heavy atom. The summed E-state index contributed by atoms with van der Waals surface area (Å²) in [6.07, 6.45) is 6.70. The Balaban J connectivity index is 0.00000343. The lowest BCUT2D eigenvalue weighted by Crippen LogP contribution is -2.29. The van der Waals surface area contributed by atoms with Crippen molar-refractivity contribution < 1.29 is 28.7 Å². The summed E-state index contributed by atoms with van der Waals surface area (Å²) in [5, 5.41) is 5.50. The van der Waals surface area contributed by atoms with E-state index in [0.717, 1.165) is 19.3 Å². The molecular weight excluding hydrogens is 440 g/mol. The number of allylic oxidation sites excluding steroid dienone is 1. The van der Waals surface area contributed by atoms with Gasteiger partial charge in [0, 0.05) is 50.2 Å². The van der Waals surface area contributed by atoms with E-state index in [9.17, 15) is 19.2 Å². The van der Waals surface area contributed by atoms with Gasteiger partial charge in [0.15, 0.2) is 0 Å². The standard InChI is InChI=1S/C22H35N3O6.C2H7N/c1-17(22(23)29)6-3-4-11-24-20(27)16-31-15-14-30-13-5-7-19(26)10-12-25-18(2)8-9-21(25)28;1-3-2/h8-9,17H,2-7,10-16H2,1H3,(H2,23,29)(H,24,27);3H,1-2H3. The number of rotatable bonds is 18. The van der Waals surface area contributed by atoms with Crippen LogP contribution >= 0.6 is 0 Å². The summed E-state index contributed by atoms with van der Waals surface area (Å²) in [6.45, 7) is 7.48. The molecule has 10 nitrogen and oxygen atoms in total. The minimum absolute atomic E-state index is 0.0328. The van der Waals surface area contributed by atoms with Gasteiger partial charge in [0.1, 0.15) is 12.4 Å². The van der Waals surface area contributed by atoms with Gasteiger partial charge in [-0.2, -0.15) is 0 Å².